The molecule has 1 N–H and O–H groups in total. The molecular weight excluding hydrogens is 246 g/mol. The Balaban J connectivity index is 2.31. The quantitative estimate of drug-likeness (QED) is 0.891. The Morgan fingerprint density at radius 1 is 1.10 bits per heavy atom. The summed E-state index contributed by atoms with van der Waals surface area (Å²) in [6, 6.07) is 15.2. The Hall–Kier alpha value is -1.80. The zero-order chi connectivity index (χ0) is 14.5. The molecule has 0 heterocycles. The molecule has 1 atom stereocenters. The molecule has 0 amide bonds. The van der Waals surface area contributed by atoms with Gasteiger partial charge in [-0.15, -0.1) is 0 Å². The number of ether oxygens (including phenoxy) is 1. The van der Waals surface area contributed by atoms with Crippen LogP contribution in [0.5, 0.6) is 5.75 Å². The summed E-state index contributed by atoms with van der Waals surface area (Å²) in [5, 5.41) is 3.42. The highest BCUT2D eigenvalue weighted by atomic mass is 16.5. The van der Waals surface area contributed by atoms with Gasteiger partial charge in [0.2, 0.25) is 0 Å². The minimum Gasteiger partial charge on any atom is -0.496 e. The fourth-order valence-corrected chi connectivity index (χ4v) is 2.63. The van der Waals surface area contributed by atoms with Crippen LogP contribution in [-0.2, 0) is 6.42 Å². The molecule has 0 saturated carbocycles. The summed E-state index contributed by atoms with van der Waals surface area (Å²) in [5.74, 6) is 0.962. The van der Waals surface area contributed by atoms with Crippen LogP contribution in [-0.4, -0.2) is 14.2 Å². The second-order valence-electron chi connectivity index (χ2n) is 5.22. The van der Waals surface area contributed by atoms with Gasteiger partial charge in [-0.25, -0.2) is 0 Å². The molecule has 2 heteroatoms. The summed E-state index contributed by atoms with van der Waals surface area (Å²) < 4.78 is 5.48. The monoisotopic (exact) mass is 269 g/mol. The lowest BCUT2D eigenvalue weighted by atomic mass is 9.94. The topological polar surface area (TPSA) is 21.3 Å². The summed E-state index contributed by atoms with van der Waals surface area (Å²) in [6.45, 7) is 4.28. The van der Waals surface area contributed by atoms with Crippen molar-refractivity contribution >= 4 is 0 Å². The van der Waals surface area contributed by atoms with Crippen LogP contribution in [0.25, 0.3) is 0 Å². The van der Waals surface area contributed by atoms with Crippen molar-refractivity contribution in [3.8, 4) is 5.75 Å². The van der Waals surface area contributed by atoms with Gasteiger partial charge in [0.1, 0.15) is 5.75 Å². The van der Waals surface area contributed by atoms with Crippen LogP contribution in [0.1, 0.15) is 28.3 Å². The van der Waals surface area contributed by atoms with Crippen LogP contribution < -0.4 is 10.1 Å². The molecule has 0 fully saturated rings. The second-order valence-corrected chi connectivity index (χ2v) is 5.22. The van der Waals surface area contributed by atoms with Crippen molar-refractivity contribution < 1.29 is 4.74 Å². The van der Waals surface area contributed by atoms with Crippen molar-refractivity contribution in [2.45, 2.75) is 26.3 Å². The zero-order valence-corrected chi connectivity index (χ0v) is 12.7. The number of nitrogens with one attached hydrogen (secondary N) is 1. The van der Waals surface area contributed by atoms with Crippen molar-refractivity contribution in [1.82, 2.24) is 5.32 Å². The standard InChI is InChI=1S/C18H23NO/c1-13-9-10-18(20-4)15(11-13)12-17(19-3)16-8-6-5-7-14(16)2/h5-11,17,19H,12H2,1-4H3. The van der Waals surface area contributed by atoms with Gasteiger partial charge < -0.3 is 10.1 Å². The van der Waals surface area contributed by atoms with E-state index in [1.54, 1.807) is 7.11 Å². The summed E-state index contributed by atoms with van der Waals surface area (Å²) in [7, 11) is 3.75. The number of hydrogen-bond acceptors (Lipinski definition) is 2. The minimum absolute atomic E-state index is 0.298. The molecule has 0 bridgehead atoms. The van der Waals surface area contributed by atoms with Gasteiger partial charge in [-0.1, -0.05) is 42.0 Å². The first kappa shape index (κ1) is 14.6. The molecule has 0 aliphatic carbocycles. The Morgan fingerprint density at radius 3 is 2.50 bits per heavy atom. The van der Waals surface area contributed by atoms with Gasteiger partial charge in [0, 0.05) is 6.04 Å². The van der Waals surface area contributed by atoms with E-state index in [0.717, 1.165) is 12.2 Å². The third-order valence-electron chi connectivity index (χ3n) is 3.77. The third-order valence-corrected chi connectivity index (χ3v) is 3.77. The average Bonchev–Trinajstić information content (AvgIpc) is 2.46. The lowest BCUT2D eigenvalue weighted by Crippen LogP contribution is -2.20. The largest absolute Gasteiger partial charge is 0.496 e. The number of likely N-dealkylation sites (N-methyl/N-ethyl adjacent to an activating group) is 1. The molecule has 2 aromatic rings. The summed E-state index contributed by atoms with van der Waals surface area (Å²) in [5.41, 5.74) is 5.17. The van der Waals surface area contributed by atoms with Crippen LogP contribution in [0, 0.1) is 13.8 Å². The highest BCUT2D eigenvalue weighted by Gasteiger charge is 2.14. The summed E-state index contributed by atoms with van der Waals surface area (Å²) in [6.07, 6.45) is 0.923. The molecule has 0 radical (unpaired) electrons. The van der Waals surface area contributed by atoms with Crippen LogP contribution in [0.4, 0.5) is 0 Å². The highest BCUT2D eigenvalue weighted by molar-refractivity contribution is 5.39. The first-order valence-electron chi connectivity index (χ1n) is 7.02. The van der Waals surface area contributed by atoms with Crippen molar-refractivity contribution in [3.05, 3.63) is 64.7 Å². The van der Waals surface area contributed by atoms with E-state index in [2.05, 4.69) is 61.6 Å². The van der Waals surface area contributed by atoms with Crippen molar-refractivity contribution in [3.63, 3.8) is 0 Å². The lowest BCUT2D eigenvalue weighted by molar-refractivity contribution is 0.406. The third kappa shape index (κ3) is 3.20. The molecule has 0 aliphatic rings. The van der Waals surface area contributed by atoms with Crippen LogP contribution in [0.3, 0.4) is 0 Å². The molecule has 0 saturated heterocycles. The van der Waals surface area contributed by atoms with Crippen LogP contribution >= 0.6 is 0 Å². The molecule has 2 rings (SSSR count). The van der Waals surface area contributed by atoms with E-state index < -0.39 is 0 Å². The molecule has 106 valence electrons. The normalized spacial score (nSPS) is 12.2. The van der Waals surface area contributed by atoms with E-state index in [4.69, 9.17) is 4.74 Å². The Bertz CT molecular complexity index is 577. The molecule has 2 nitrogen and oxygen atoms in total. The van der Waals surface area contributed by atoms with E-state index in [0.29, 0.717) is 6.04 Å². The Labute approximate surface area is 121 Å². The number of benzene rings is 2. The molecule has 0 aromatic heterocycles. The van der Waals surface area contributed by atoms with Gasteiger partial charge in [0.25, 0.3) is 0 Å². The molecule has 1 unspecified atom stereocenters. The molecule has 0 spiro atoms. The molecule has 20 heavy (non-hydrogen) atoms. The SMILES string of the molecule is CNC(Cc1cc(C)ccc1OC)c1ccccc1C. The van der Waals surface area contributed by atoms with Crippen LogP contribution in [0.15, 0.2) is 42.5 Å². The first-order valence-corrected chi connectivity index (χ1v) is 7.02. The van der Waals surface area contributed by atoms with E-state index in [-0.39, 0.29) is 0 Å². The van der Waals surface area contributed by atoms with Gasteiger partial charge in [0.05, 0.1) is 7.11 Å². The van der Waals surface area contributed by atoms with E-state index in [1.807, 2.05) is 7.05 Å². The summed E-state index contributed by atoms with van der Waals surface area (Å²) in [4.78, 5) is 0. The smallest absolute Gasteiger partial charge is 0.122 e. The minimum atomic E-state index is 0.298. The number of rotatable bonds is 5. The van der Waals surface area contributed by atoms with E-state index >= 15 is 0 Å². The number of methoxy groups -OCH3 is 1. The van der Waals surface area contributed by atoms with Gasteiger partial charge >= 0.3 is 0 Å². The van der Waals surface area contributed by atoms with E-state index in [9.17, 15) is 0 Å². The Morgan fingerprint density at radius 2 is 1.85 bits per heavy atom. The lowest BCUT2D eigenvalue weighted by Gasteiger charge is -2.20. The van der Waals surface area contributed by atoms with E-state index in [1.165, 1.54) is 22.3 Å². The fraction of sp³-hybridized carbons (Fsp3) is 0.333. The van der Waals surface area contributed by atoms with Gasteiger partial charge in [0.15, 0.2) is 0 Å². The molecular formula is C18H23NO. The zero-order valence-electron chi connectivity index (χ0n) is 12.7. The van der Waals surface area contributed by atoms with Crippen molar-refractivity contribution in [1.29, 1.82) is 0 Å². The van der Waals surface area contributed by atoms with Gasteiger partial charge in [-0.2, -0.15) is 0 Å². The van der Waals surface area contributed by atoms with Crippen molar-refractivity contribution in [2.75, 3.05) is 14.2 Å². The van der Waals surface area contributed by atoms with Gasteiger partial charge in [-0.05, 0) is 50.1 Å². The predicted molar refractivity (Wildman–Crippen MR) is 84.4 cm³/mol. The molecule has 0 aliphatic heterocycles. The predicted octanol–water partition coefficient (Wildman–Crippen LogP) is 3.82. The fourth-order valence-electron chi connectivity index (χ4n) is 2.63. The summed E-state index contributed by atoms with van der Waals surface area (Å²) >= 11 is 0. The maximum atomic E-state index is 5.48. The maximum absolute atomic E-state index is 5.48. The number of hydrogen-bond donors (Lipinski definition) is 1. The first-order chi connectivity index (χ1) is 9.65. The van der Waals surface area contributed by atoms with Crippen molar-refractivity contribution in [2.24, 2.45) is 0 Å². The van der Waals surface area contributed by atoms with Gasteiger partial charge in [-0.3, -0.25) is 0 Å². The maximum Gasteiger partial charge on any atom is 0.122 e. The molecule has 2 aromatic carbocycles. The highest BCUT2D eigenvalue weighted by Crippen LogP contribution is 2.27. The average molecular weight is 269 g/mol. The second kappa shape index (κ2) is 6.58. The Kier molecular flexibility index (Phi) is 4.80. The van der Waals surface area contributed by atoms with Crippen LogP contribution in [0.2, 0.25) is 0 Å². The number of aryl methyl sites for hydroxylation is 2.